The van der Waals surface area contributed by atoms with Crippen molar-refractivity contribution < 1.29 is 36.2 Å². The Hall–Kier alpha value is -0.990. The Morgan fingerprint density at radius 3 is 1.78 bits per heavy atom. The lowest BCUT2D eigenvalue weighted by atomic mass is 9.99. The Kier molecular flexibility index (Phi) is 5.04. The molecule has 0 aliphatic rings. The second-order valence-corrected chi connectivity index (χ2v) is 4.36. The number of amides is 1. The van der Waals surface area contributed by atoms with Gasteiger partial charge in [0.25, 0.3) is 0 Å². The maximum Gasteiger partial charge on any atom is 0.409 e. The number of hydrogen-bond donors (Lipinski definition) is 2. The number of nitrogens with one attached hydrogen (secondary N) is 1. The van der Waals surface area contributed by atoms with Crippen LogP contribution in [0.4, 0.5) is 26.3 Å². The highest BCUT2D eigenvalue weighted by Gasteiger charge is 2.61. The third kappa shape index (κ3) is 5.11. The zero-order chi connectivity index (χ0) is 14.8. The first-order chi connectivity index (χ1) is 7.81. The molecule has 0 aromatic carbocycles. The molecule has 0 saturated heterocycles. The van der Waals surface area contributed by atoms with E-state index < -0.39 is 36.3 Å². The predicted octanol–water partition coefficient (Wildman–Crippen LogP) is 2.00. The molecule has 0 rings (SSSR count). The number of carbonyl (C=O) groups excluding carboxylic acids is 1. The van der Waals surface area contributed by atoms with Crippen LogP contribution in [0.25, 0.3) is 0 Å². The van der Waals surface area contributed by atoms with Gasteiger partial charge in [0.15, 0.2) is 0 Å². The van der Waals surface area contributed by atoms with E-state index >= 15 is 0 Å². The van der Waals surface area contributed by atoms with Crippen molar-refractivity contribution >= 4 is 5.91 Å². The maximum absolute atomic E-state index is 12.2. The molecule has 0 spiro atoms. The van der Waals surface area contributed by atoms with Crippen molar-refractivity contribution in [3.05, 3.63) is 0 Å². The van der Waals surface area contributed by atoms with Crippen LogP contribution in [0, 0.1) is 5.92 Å². The van der Waals surface area contributed by atoms with Gasteiger partial charge in [-0.15, -0.1) is 0 Å². The lowest BCUT2D eigenvalue weighted by Crippen LogP contribution is -2.54. The molecule has 0 atom stereocenters. The average molecular weight is 281 g/mol. The normalized spacial score (nSPS) is 13.9. The van der Waals surface area contributed by atoms with E-state index in [9.17, 15) is 31.1 Å². The molecule has 0 aliphatic carbocycles. The summed E-state index contributed by atoms with van der Waals surface area (Å²) in [5.74, 6) is -6.24. The number of aliphatic hydroxyl groups excluding tert-OH is 1. The number of halogens is 6. The van der Waals surface area contributed by atoms with E-state index in [1.54, 1.807) is 5.32 Å². The summed E-state index contributed by atoms with van der Waals surface area (Å²) in [6.45, 7) is 1.95. The van der Waals surface area contributed by atoms with Gasteiger partial charge in [-0.3, -0.25) is 4.79 Å². The first-order valence-corrected chi connectivity index (χ1v) is 4.87. The lowest BCUT2D eigenvalue weighted by molar-refractivity contribution is -0.274. The largest absolute Gasteiger partial charge is 0.409 e. The zero-order valence-electron chi connectivity index (χ0n) is 9.61. The van der Waals surface area contributed by atoms with Crippen LogP contribution in [0.1, 0.15) is 20.3 Å². The second kappa shape index (κ2) is 5.33. The van der Waals surface area contributed by atoms with Crippen molar-refractivity contribution in [2.75, 3.05) is 6.61 Å². The summed E-state index contributed by atoms with van der Waals surface area (Å²) in [5, 5.41) is 10.2. The standard InChI is InChI=1S/C9H13F6NO2/c1-7(2,3-4-17)16-6(18)5(8(10,11)12)9(13,14)15/h5,17H,3-4H2,1-2H3,(H,16,18). The molecule has 3 nitrogen and oxygen atoms in total. The van der Waals surface area contributed by atoms with E-state index in [-0.39, 0.29) is 6.42 Å². The van der Waals surface area contributed by atoms with Crippen molar-refractivity contribution in [1.82, 2.24) is 5.32 Å². The number of carbonyl (C=O) groups is 1. The van der Waals surface area contributed by atoms with Crippen molar-refractivity contribution in [2.24, 2.45) is 5.92 Å². The molecular formula is C9H13F6NO2. The molecule has 0 aliphatic heterocycles. The molecule has 108 valence electrons. The van der Waals surface area contributed by atoms with Gasteiger partial charge < -0.3 is 10.4 Å². The summed E-state index contributed by atoms with van der Waals surface area (Å²) < 4.78 is 73.2. The van der Waals surface area contributed by atoms with Crippen molar-refractivity contribution in [3.63, 3.8) is 0 Å². The van der Waals surface area contributed by atoms with Gasteiger partial charge in [-0.2, -0.15) is 26.3 Å². The fourth-order valence-corrected chi connectivity index (χ4v) is 1.23. The van der Waals surface area contributed by atoms with Crippen molar-refractivity contribution in [3.8, 4) is 0 Å². The Balaban J connectivity index is 5.02. The second-order valence-electron chi connectivity index (χ2n) is 4.36. The molecule has 18 heavy (non-hydrogen) atoms. The predicted molar refractivity (Wildman–Crippen MR) is 49.5 cm³/mol. The number of aliphatic hydroxyl groups is 1. The first-order valence-electron chi connectivity index (χ1n) is 4.87. The van der Waals surface area contributed by atoms with Crippen LogP contribution in [-0.4, -0.2) is 35.5 Å². The van der Waals surface area contributed by atoms with E-state index in [1.807, 2.05) is 0 Å². The highest BCUT2D eigenvalue weighted by molar-refractivity contribution is 5.81. The molecule has 0 radical (unpaired) electrons. The van der Waals surface area contributed by atoms with Gasteiger partial charge >= 0.3 is 12.4 Å². The van der Waals surface area contributed by atoms with Crippen LogP contribution in [-0.2, 0) is 4.79 Å². The Morgan fingerprint density at radius 1 is 1.11 bits per heavy atom. The molecule has 9 heteroatoms. The lowest BCUT2D eigenvalue weighted by Gasteiger charge is -2.29. The van der Waals surface area contributed by atoms with E-state index in [2.05, 4.69) is 0 Å². The van der Waals surface area contributed by atoms with Crippen LogP contribution in [0.2, 0.25) is 0 Å². The monoisotopic (exact) mass is 281 g/mol. The van der Waals surface area contributed by atoms with Crippen LogP contribution in [0.15, 0.2) is 0 Å². The molecule has 0 unspecified atom stereocenters. The summed E-state index contributed by atoms with van der Waals surface area (Å²) in [4.78, 5) is 11.1. The van der Waals surface area contributed by atoms with Crippen LogP contribution in [0.5, 0.6) is 0 Å². The molecule has 0 heterocycles. The summed E-state index contributed by atoms with van der Waals surface area (Å²) in [7, 11) is 0. The van der Waals surface area contributed by atoms with Gasteiger partial charge in [-0.1, -0.05) is 0 Å². The summed E-state index contributed by atoms with van der Waals surface area (Å²) >= 11 is 0. The quantitative estimate of drug-likeness (QED) is 0.774. The first kappa shape index (κ1) is 17.0. The summed E-state index contributed by atoms with van der Waals surface area (Å²) in [5.41, 5.74) is -1.36. The molecule has 0 bridgehead atoms. The Labute approximate surface area is 99.2 Å². The highest BCUT2D eigenvalue weighted by Crippen LogP contribution is 2.39. The molecule has 0 saturated carbocycles. The third-order valence-corrected chi connectivity index (χ3v) is 2.12. The van der Waals surface area contributed by atoms with Crippen molar-refractivity contribution in [1.29, 1.82) is 0 Å². The Morgan fingerprint density at radius 2 is 1.50 bits per heavy atom. The Bertz CT molecular complexity index is 282. The van der Waals surface area contributed by atoms with Gasteiger partial charge in [0, 0.05) is 12.1 Å². The number of hydrogen-bond acceptors (Lipinski definition) is 2. The molecular weight excluding hydrogens is 268 g/mol. The SMILES string of the molecule is CC(C)(CCO)NC(=O)C(C(F)(F)F)C(F)(F)F. The molecule has 2 N–H and O–H groups in total. The summed E-state index contributed by atoms with van der Waals surface area (Å²) in [6, 6.07) is 0. The highest BCUT2D eigenvalue weighted by atomic mass is 19.4. The third-order valence-electron chi connectivity index (χ3n) is 2.12. The van der Waals surface area contributed by atoms with Gasteiger partial charge in [-0.25, -0.2) is 0 Å². The van der Waals surface area contributed by atoms with Gasteiger partial charge in [0.05, 0.1) is 0 Å². The van der Waals surface area contributed by atoms with Gasteiger partial charge in [0.2, 0.25) is 11.8 Å². The summed E-state index contributed by atoms with van der Waals surface area (Å²) in [6.07, 6.45) is -11.6. The van der Waals surface area contributed by atoms with Gasteiger partial charge in [-0.05, 0) is 20.3 Å². The van der Waals surface area contributed by atoms with Crippen LogP contribution >= 0.6 is 0 Å². The molecule has 0 aromatic rings. The number of rotatable bonds is 4. The molecule has 1 amide bonds. The van der Waals surface area contributed by atoms with E-state index in [0.717, 1.165) is 0 Å². The van der Waals surface area contributed by atoms with Gasteiger partial charge in [0.1, 0.15) is 0 Å². The fraction of sp³-hybridized carbons (Fsp3) is 0.889. The maximum atomic E-state index is 12.2. The zero-order valence-corrected chi connectivity index (χ0v) is 9.61. The number of alkyl halides is 6. The minimum atomic E-state index is -5.71. The fourth-order valence-electron chi connectivity index (χ4n) is 1.23. The van der Waals surface area contributed by atoms with E-state index in [0.29, 0.717) is 0 Å². The van der Waals surface area contributed by atoms with Crippen LogP contribution in [0.3, 0.4) is 0 Å². The molecule has 0 aromatic heterocycles. The van der Waals surface area contributed by atoms with Crippen LogP contribution < -0.4 is 5.32 Å². The van der Waals surface area contributed by atoms with E-state index in [1.165, 1.54) is 13.8 Å². The minimum Gasteiger partial charge on any atom is -0.396 e. The minimum absolute atomic E-state index is 0.166. The smallest absolute Gasteiger partial charge is 0.396 e. The van der Waals surface area contributed by atoms with Crippen molar-refractivity contribution in [2.45, 2.75) is 38.2 Å². The molecule has 0 fully saturated rings. The van der Waals surface area contributed by atoms with E-state index in [4.69, 9.17) is 5.11 Å². The average Bonchev–Trinajstić information content (AvgIpc) is 1.94. The topological polar surface area (TPSA) is 49.3 Å².